The van der Waals surface area contributed by atoms with Crippen molar-refractivity contribution in [2.45, 2.75) is 17.4 Å². The van der Waals surface area contributed by atoms with Gasteiger partial charge in [-0.1, -0.05) is 30.0 Å². The van der Waals surface area contributed by atoms with Gasteiger partial charge in [-0.25, -0.2) is 9.37 Å². The Balaban J connectivity index is 1.41. The van der Waals surface area contributed by atoms with Crippen LogP contribution in [-0.2, 0) is 12.2 Å². The molecule has 0 aliphatic carbocycles. The minimum atomic E-state index is -0.270. The first kappa shape index (κ1) is 14.9. The molecule has 0 aliphatic heterocycles. The third-order valence-corrected chi connectivity index (χ3v) is 4.30. The van der Waals surface area contributed by atoms with E-state index in [0.29, 0.717) is 23.3 Å². The molecular weight excluding hydrogens is 327 g/mol. The van der Waals surface area contributed by atoms with E-state index in [1.54, 1.807) is 6.07 Å². The lowest BCUT2D eigenvalue weighted by molar-refractivity contribution is 0.420. The SMILES string of the molecule is Fc1cccc(Cc2nnc(SCc3cn4ccccc4n3)o2)c1. The van der Waals surface area contributed by atoms with E-state index >= 15 is 0 Å². The number of benzene rings is 1. The van der Waals surface area contributed by atoms with Crippen LogP contribution in [0.2, 0.25) is 0 Å². The van der Waals surface area contributed by atoms with E-state index in [4.69, 9.17) is 4.42 Å². The summed E-state index contributed by atoms with van der Waals surface area (Å²) in [6.45, 7) is 0. The maximum absolute atomic E-state index is 13.2. The average molecular weight is 340 g/mol. The number of nitrogens with zero attached hydrogens (tertiary/aromatic N) is 4. The van der Waals surface area contributed by atoms with Gasteiger partial charge in [-0.3, -0.25) is 0 Å². The van der Waals surface area contributed by atoms with Crippen molar-refractivity contribution in [3.05, 3.63) is 77.8 Å². The van der Waals surface area contributed by atoms with Crippen LogP contribution in [0.5, 0.6) is 0 Å². The second-order valence-electron chi connectivity index (χ2n) is 5.26. The molecule has 0 saturated heterocycles. The molecule has 0 radical (unpaired) electrons. The van der Waals surface area contributed by atoms with E-state index in [-0.39, 0.29) is 5.82 Å². The summed E-state index contributed by atoms with van der Waals surface area (Å²) >= 11 is 1.43. The fraction of sp³-hybridized carbons (Fsp3) is 0.118. The fourth-order valence-corrected chi connectivity index (χ4v) is 3.05. The lowest BCUT2D eigenvalue weighted by Crippen LogP contribution is -1.89. The van der Waals surface area contributed by atoms with Crippen LogP contribution < -0.4 is 0 Å². The second kappa shape index (κ2) is 6.45. The minimum absolute atomic E-state index is 0.270. The second-order valence-corrected chi connectivity index (χ2v) is 6.18. The molecule has 5 nitrogen and oxygen atoms in total. The van der Waals surface area contributed by atoms with Gasteiger partial charge in [0, 0.05) is 18.1 Å². The molecule has 0 N–H and O–H groups in total. The van der Waals surface area contributed by atoms with Crippen LogP contribution in [0.25, 0.3) is 5.65 Å². The lowest BCUT2D eigenvalue weighted by atomic mass is 10.1. The molecule has 0 amide bonds. The number of fused-ring (bicyclic) bond motifs is 1. The van der Waals surface area contributed by atoms with Gasteiger partial charge in [0.15, 0.2) is 0 Å². The summed E-state index contributed by atoms with van der Waals surface area (Å²) in [6.07, 6.45) is 4.35. The van der Waals surface area contributed by atoms with Crippen molar-refractivity contribution in [1.82, 2.24) is 19.6 Å². The molecule has 0 atom stereocenters. The van der Waals surface area contributed by atoms with Crippen LogP contribution in [0, 0.1) is 5.82 Å². The van der Waals surface area contributed by atoms with Gasteiger partial charge in [-0.05, 0) is 29.8 Å². The average Bonchev–Trinajstić information content (AvgIpc) is 3.19. The molecular formula is C17H13FN4OS. The molecule has 0 spiro atoms. The Morgan fingerprint density at radius 2 is 2.08 bits per heavy atom. The maximum atomic E-state index is 13.2. The molecule has 4 rings (SSSR count). The van der Waals surface area contributed by atoms with E-state index in [1.165, 1.54) is 23.9 Å². The van der Waals surface area contributed by atoms with E-state index in [9.17, 15) is 4.39 Å². The van der Waals surface area contributed by atoms with Crippen molar-refractivity contribution >= 4 is 17.4 Å². The Kier molecular flexibility index (Phi) is 4.00. The third kappa shape index (κ3) is 3.30. The Hall–Kier alpha value is -2.67. The molecule has 120 valence electrons. The highest BCUT2D eigenvalue weighted by molar-refractivity contribution is 7.98. The summed E-state index contributed by atoms with van der Waals surface area (Å²) < 4.78 is 20.8. The fourth-order valence-electron chi connectivity index (χ4n) is 2.38. The van der Waals surface area contributed by atoms with Crippen LogP contribution in [0.3, 0.4) is 0 Å². The summed E-state index contributed by atoms with van der Waals surface area (Å²) in [4.78, 5) is 4.52. The van der Waals surface area contributed by atoms with Crippen molar-refractivity contribution < 1.29 is 8.81 Å². The van der Waals surface area contributed by atoms with E-state index in [2.05, 4.69) is 15.2 Å². The number of thioether (sulfide) groups is 1. The summed E-state index contributed by atoms with van der Waals surface area (Å²) in [6, 6.07) is 12.2. The van der Waals surface area contributed by atoms with Gasteiger partial charge in [-0.15, -0.1) is 10.2 Å². The van der Waals surface area contributed by atoms with E-state index in [0.717, 1.165) is 16.9 Å². The van der Waals surface area contributed by atoms with Crippen LogP contribution in [0.15, 0.2) is 64.5 Å². The zero-order valence-corrected chi connectivity index (χ0v) is 13.4. The molecule has 1 aromatic carbocycles. The Bertz CT molecular complexity index is 948. The summed E-state index contributed by atoms with van der Waals surface area (Å²) in [5.41, 5.74) is 2.65. The van der Waals surface area contributed by atoms with Gasteiger partial charge in [0.1, 0.15) is 11.5 Å². The summed E-state index contributed by atoms with van der Waals surface area (Å²) in [5.74, 6) is 0.843. The molecule has 0 aliphatic rings. The van der Waals surface area contributed by atoms with Crippen molar-refractivity contribution in [3.63, 3.8) is 0 Å². The Morgan fingerprint density at radius 1 is 1.12 bits per heavy atom. The molecule has 7 heteroatoms. The number of hydrogen-bond donors (Lipinski definition) is 0. The number of pyridine rings is 1. The molecule has 3 heterocycles. The zero-order chi connectivity index (χ0) is 16.4. The largest absolute Gasteiger partial charge is 0.416 e. The van der Waals surface area contributed by atoms with Gasteiger partial charge in [0.2, 0.25) is 5.89 Å². The molecule has 3 aromatic heterocycles. The first-order valence-electron chi connectivity index (χ1n) is 7.38. The number of imidazole rings is 1. The van der Waals surface area contributed by atoms with Crippen molar-refractivity contribution in [3.8, 4) is 0 Å². The van der Waals surface area contributed by atoms with Crippen LogP contribution in [0.1, 0.15) is 17.1 Å². The topological polar surface area (TPSA) is 56.2 Å². The Morgan fingerprint density at radius 3 is 2.96 bits per heavy atom. The molecule has 24 heavy (non-hydrogen) atoms. The van der Waals surface area contributed by atoms with Gasteiger partial charge in [0.05, 0.1) is 12.1 Å². The predicted octanol–water partition coefficient (Wildman–Crippen LogP) is 3.74. The number of aromatic nitrogens is 4. The first-order valence-corrected chi connectivity index (χ1v) is 8.37. The van der Waals surface area contributed by atoms with E-state index < -0.39 is 0 Å². The molecule has 0 fully saturated rings. The van der Waals surface area contributed by atoms with Crippen LogP contribution in [0.4, 0.5) is 4.39 Å². The van der Waals surface area contributed by atoms with Crippen molar-refractivity contribution in [2.75, 3.05) is 0 Å². The summed E-state index contributed by atoms with van der Waals surface area (Å²) in [5, 5.41) is 8.52. The van der Waals surface area contributed by atoms with Crippen molar-refractivity contribution in [2.24, 2.45) is 0 Å². The number of hydrogen-bond acceptors (Lipinski definition) is 5. The van der Waals surface area contributed by atoms with Crippen LogP contribution >= 0.6 is 11.8 Å². The molecule has 4 aromatic rings. The first-order chi connectivity index (χ1) is 11.8. The monoisotopic (exact) mass is 340 g/mol. The zero-order valence-electron chi connectivity index (χ0n) is 12.6. The normalized spacial score (nSPS) is 11.2. The van der Waals surface area contributed by atoms with E-state index in [1.807, 2.05) is 41.1 Å². The lowest BCUT2D eigenvalue weighted by Gasteiger charge is -1.96. The minimum Gasteiger partial charge on any atom is -0.416 e. The predicted molar refractivity (Wildman–Crippen MR) is 88.3 cm³/mol. The smallest absolute Gasteiger partial charge is 0.276 e. The number of rotatable bonds is 5. The number of halogens is 1. The van der Waals surface area contributed by atoms with Gasteiger partial charge in [-0.2, -0.15) is 0 Å². The Labute approximate surface area is 141 Å². The molecule has 0 unspecified atom stereocenters. The highest BCUT2D eigenvalue weighted by Gasteiger charge is 2.10. The quantitative estimate of drug-likeness (QED) is 0.518. The third-order valence-electron chi connectivity index (χ3n) is 3.45. The van der Waals surface area contributed by atoms with Crippen LogP contribution in [-0.4, -0.2) is 19.6 Å². The van der Waals surface area contributed by atoms with Gasteiger partial charge >= 0.3 is 0 Å². The van der Waals surface area contributed by atoms with Gasteiger partial charge in [0.25, 0.3) is 5.22 Å². The standard InChI is InChI=1S/C17H13FN4OS/c18-13-5-3-4-12(8-13)9-16-20-21-17(23-16)24-11-14-10-22-7-2-1-6-15(22)19-14/h1-8,10H,9,11H2. The maximum Gasteiger partial charge on any atom is 0.276 e. The van der Waals surface area contributed by atoms with Crippen molar-refractivity contribution in [1.29, 1.82) is 0 Å². The molecule has 0 bridgehead atoms. The van der Waals surface area contributed by atoms with Gasteiger partial charge < -0.3 is 8.82 Å². The molecule has 0 saturated carbocycles. The highest BCUT2D eigenvalue weighted by Crippen LogP contribution is 2.22. The summed E-state index contributed by atoms with van der Waals surface area (Å²) in [7, 11) is 0. The highest BCUT2D eigenvalue weighted by atomic mass is 32.2.